The average molecular weight is 224 g/mol. The molecule has 90 valence electrons. The minimum atomic E-state index is -0.832. The highest BCUT2D eigenvalue weighted by Gasteiger charge is 2.19. The van der Waals surface area contributed by atoms with Gasteiger partial charge in [-0.1, -0.05) is 13.3 Å². The van der Waals surface area contributed by atoms with Crippen LogP contribution < -0.4 is 0 Å². The molecule has 0 aliphatic carbocycles. The van der Waals surface area contributed by atoms with Crippen LogP contribution >= 0.6 is 0 Å². The Morgan fingerprint density at radius 2 is 2.12 bits per heavy atom. The summed E-state index contributed by atoms with van der Waals surface area (Å²) in [4.78, 5) is 10.6. The third kappa shape index (κ3) is 3.08. The van der Waals surface area contributed by atoms with Gasteiger partial charge in [0.05, 0.1) is 17.7 Å². The van der Waals surface area contributed by atoms with Gasteiger partial charge in [0.15, 0.2) is 0 Å². The van der Waals surface area contributed by atoms with Gasteiger partial charge in [-0.15, -0.1) is 0 Å². The molecular weight excluding hydrogens is 204 g/mol. The van der Waals surface area contributed by atoms with E-state index in [2.05, 4.69) is 32.8 Å². The van der Waals surface area contributed by atoms with E-state index in [9.17, 15) is 4.79 Å². The summed E-state index contributed by atoms with van der Waals surface area (Å²) in [6, 6.07) is 1.91. The van der Waals surface area contributed by atoms with Crippen molar-refractivity contribution in [2.24, 2.45) is 0 Å². The molecule has 0 aromatic carbocycles. The smallest absolute Gasteiger partial charge is 0.309 e. The van der Waals surface area contributed by atoms with Crippen LogP contribution in [0.3, 0.4) is 0 Å². The largest absolute Gasteiger partial charge is 0.481 e. The van der Waals surface area contributed by atoms with E-state index in [4.69, 9.17) is 5.11 Å². The van der Waals surface area contributed by atoms with Crippen LogP contribution in [-0.2, 0) is 23.2 Å². The van der Waals surface area contributed by atoms with Crippen LogP contribution in [-0.4, -0.2) is 20.9 Å². The number of carboxylic acid groups (broad SMARTS) is 1. The van der Waals surface area contributed by atoms with E-state index in [0.29, 0.717) is 5.69 Å². The number of hydrogen-bond donors (Lipinski definition) is 1. The van der Waals surface area contributed by atoms with Crippen LogP contribution in [0.1, 0.15) is 45.5 Å². The molecule has 1 aromatic heterocycles. The van der Waals surface area contributed by atoms with Crippen molar-refractivity contribution in [2.75, 3.05) is 0 Å². The van der Waals surface area contributed by atoms with Gasteiger partial charge in [-0.2, -0.15) is 5.10 Å². The van der Waals surface area contributed by atoms with Crippen molar-refractivity contribution >= 4 is 5.97 Å². The zero-order valence-electron chi connectivity index (χ0n) is 10.4. The predicted octanol–water partition coefficient (Wildman–Crippen LogP) is 2.22. The first-order chi connectivity index (χ1) is 7.34. The van der Waals surface area contributed by atoms with Gasteiger partial charge in [0, 0.05) is 5.69 Å². The maximum atomic E-state index is 10.6. The third-order valence-corrected chi connectivity index (χ3v) is 2.31. The molecule has 0 radical (unpaired) electrons. The fourth-order valence-corrected chi connectivity index (χ4v) is 1.73. The molecule has 0 unspecified atom stereocenters. The van der Waals surface area contributed by atoms with Crippen LogP contribution in [0.4, 0.5) is 0 Å². The minimum Gasteiger partial charge on any atom is -0.481 e. The SMILES string of the molecule is CCCc1cc(CC(=O)O)nn1C(C)(C)C. The number of aromatic nitrogens is 2. The first kappa shape index (κ1) is 12.7. The molecule has 4 nitrogen and oxygen atoms in total. The molecular formula is C12H20N2O2. The summed E-state index contributed by atoms with van der Waals surface area (Å²) in [7, 11) is 0. The van der Waals surface area contributed by atoms with E-state index in [1.165, 1.54) is 0 Å². The van der Waals surface area contributed by atoms with Crippen molar-refractivity contribution in [3.63, 3.8) is 0 Å². The van der Waals surface area contributed by atoms with Crippen LogP contribution in [0, 0.1) is 0 Å². The lowest BCUT2D eigenvalue weighted by Gasteiger charge is -2.22. The highest BCUT2D eigenvalue weighted by Crippen LogP contribution is 2.18. The molecule has 0 saturated heterocycles. The Bertz CT molecular complexity index is 375. The zero-order valence-corrected chi connectivity index (χ0v) is 10.4. The standard InChI is InChI=1S/C12H20N2O2/c1-5-6-10-7-9(8-11(15)16)13-14(10)12(2,3)4/h7H,5-6,8H2,1-4H3,(H,15,16). The van der Waals surface area contributed by atoms with Crippen molar-refractivity contribution < 1.29 is 9.90 Å². The molecule has 0 bridgehead atoms. The monoisotopic (exact) mass is 224 g/mol. The highest BCUT2D eigenvalue weighted by atomic mass is 16.4. The lowest BCUT2D eigenvalue weighted by Crippen LogP contribution is -2.25. The number of hydrogen-bond acceptors (Lipinski definition) is 2. The van der Waals surface area contributed by atoms with Crippen molar-refractivity contribution in [2.45, 2.75) is 52.5 Å². The number of aliphatic carboxylic acids is 1. The third-order valence-electron chi connectivity index (χ3n) is 2.31. The summed E-state index contributed by atoms with van der Waals surface area (Å²) in [6.45, 7) is 8.33. The second-order valence-corrected chi connectivity index (χ2v) is 5.03. The summed E-state index contributed by atoms with van der Waals surface area (Å²) < 4.78 is 1.94. The Kier molecular flexibility index (Phi) is 3.73. The lowest BCUT2D eigenvalue weighted by molar-refractivity contribution is -0.136. The first-order valence-electron chi connectivity index (χ1n) is 5.64. The van der Waals surface area contributed by atoms with E-state index in [1.54, 1.807) is 0 Å². The Balaban J connectivity index is 3.05. The molecule has 0 aliphatic heterocycles. The molecule has 1 aromatic rings. The van der Waals surface area contributed by atoms with Gasteiger partial charge in [-0.3, -0.25) is 9.48 Å². The first-order valence-corrected chi connectivity index (χ1v) is 5.64. The molecule has 0 spiro atoms. The van der Waals surface area contributed by atoms with Crippen molar-refractivity contribution in [3.8, 4) is 0 Å². The van der Waals surface area contributed by atoms with Gasteiger partial charge < -0.3 is 5.11 Å². The van der Waals surface area contributed by atoms with Crippen LogP contribution in [0.5, 0.6) is 0 Å². The number of rotatable bonds is 4. The molecule has 0 fully saturated rings. The number of nitrogens with zero attached hydrogens (tertiary/aromatic N) is 2. The number of carbonyl (C=O) groups is 1. The average Bonchev–Trinajstić information content (AvgIpc) is 2.46. The fraction of sp³-hybridized carbons (Fsp3) is 0.667. The fourth-order valence-electron chi connectivity index (χ4n) is 1.73. The summed E-state index contributed by atoms with van der Waals surface area (Å²) in [5.41, 5.74) is 1.67. The number of carboxylic acids is 1. The van der Waals surface area contributed by atoms with E-state index in [-0.39, 0.29) is 12.0 Å². The van der Waals surface area contributed by atoms with Gasteiger partial charge in [0.2, 0.25) is 0 Å². The van der Waals surface area contributed by atoms with E-state index >= 15 is 0 Å². The van der Waals surface area contributed by atoms with Gasteiger partial charge >= 0.3 is 5.97 Å². The Morgan fingerprint density at radius 3 is 2.56 bits per heavy atom. The molecule has 0 atom stereocenters. The van der Waals surface area contributed by atoms with E-state index in [1.807, 2.05) is 10.7 Å². The Morgan fingerprint density at radius 1 is 1.50 bits per heavy atom. The van der Waals surface area contributed by atoms with Gasteiger partial charge in [-0.25, -0.2) is 0 Å². The second kappa shape index (κ2) is 4.68. The van der Waals surface area contributed by atoms with Gasteiger partial charge in [0.25, 0.3) is 0 Å². The molecule has 0 saturated carbocycles. The van der Waals surface area contributed by atoms with Crippen molar-refractivity contribution in [1.82, 2.24) is 9.78 Å². The van der Waals surface area contributed by atoms with Crippen LogP contribution in [0.25, 0.3) is 0 Å². The van der Waals surface area contributed by atoms with Gasteiger partial charge in [0.1, 0.15) is 0 Å². The molecule has 1 N–H and O–H groups in total. The molecule has 0 aliphatic rings. The molecule has 16 heavy (non-hydrogen) atoms. The lowest BCUT2D eigenvalue weighted by atomic mass is 10.1. The maximum absolute atomic E-state index is 10.6. The van der Waals surface area contributed by atoms with Crippen molar-refractivity contribution in [1.29, 1.82) is 0 Å². The molecule has 1 heterocycles. The quantitative estimate of drug-likeness (QED) is 0.853. The zero-order chi connectivity index (χ0) is 12.3. The predicted molar refractivity (Wildman–Crippen MR) is 62.6 cm³/mol. The minimum absolute atomic E-state index is 0.000204. The van der Waals surface area contributed by atoms with Crippen molar-refractivity contribution in [3.05, 3.63) is 17.5 Å². The molecule has 4 heteroatoms. The maximum Gasteiger partial charge on any atom is 0.309 e. The number of aryl methyl sites for hydroxylation is 1. The summed E-state index contributed by atoms with van der Waals surface area (Å²) in [6.07, 6.45) is 1.97. The van der Waals surface area contributed by atoms with Crippen LogP contribution in [0.2, 0.25) is 0 Å². The Hall–Kier alpha value is -1.32. The molecule has 1 rings (SSSR count). The van der Waals surface area contributed by atoms with Gasteiger partial charge in [-0.05, 0) is 33.3 Å². The van der Waals surface area contributed by atoms with E-state index in [0.717, 1.165) is 18.5 Å². The van der Waals surface area contributed by atoms with E-state index < -0.39 is 5.97 Å². The van der Waals surface area contributed by atoms with Crippen LogP contribution in [0.15, 0.2) is 6.07 Å². The highest BCUT2D eigenvalue weighted by molar-refractivity contribution is 5.69. The molecule has 0 amide bonds. The normalized spacial score (nSPS) is 11.8. The second-order valence-electron chi connectivity index (χ2n) is 5.03. The summed E-state index contributed by atoms with van der Waals surface area (Å²) in [5.74, 6) is -0.832. The Labute approximate surface area is 96.3 Å². The summed E-state index contributed by atoms with van der Waals surface area (Å²) in [5, 5.41) is 13.1. The topological polar surface area (TPSA) is 55.1 Å². The summed E-state index contributed by atoms with van der Waals surface area (Å²) >= 11 is 0.